The summed E-state index contributed by atoms with van der Waals surface area (Å²) in [5.74, 6) is -0.529. The van der Waals surface area contributed by atoms with Crippen LogP contribution in [0.3, 0.4) is 0 Å². The summed E-state index contributed by atoms with van der Waals surface area (Å²) in [7, 11) is 0. The van der Waals surface area contributed by atoms with E-state index >= 15 is 0 Å². The van der Waals surface area contributed by atoms with Gasteiger partial charge in [-0.1, -0.05) is 23.8 Å². The van der Waals surface area contributed by atoms with Gasteiger partial charge in [-0.2, -0.15) is 0 Å². The van der Waals surface area contributed by atoms with E-state index in [0.29, 0.717) is 17.7 Å². The van der Waals surface area contributed by atoms with Gasteiger partial charge in [0.2, 0.25) is 0 Å². The zero-order chi connectivity index (χ0) is 19.4. The Kier molecular flexibility index (Phi) is 5.88. The Labute approximate surface area is 158 Å². The lowest BCUT2D eigenvalue weighted by Crippen LogP contribution is -2.50. The van der Waals surface area contributed by atoms with E-state index in [2.05, 4.69) is 10.6 Å². The van der Waals surface area contributed by atoms with Crippen molar-refractivity contribution in [2.45, 2.75) is 31.8 Å². The summed E-state index contributed by atoms with van der Waals surface area (Å²) in [5, 5.41) is 16.2. The number of benzene rings is 2. The third-order valence-electron chi connectivity index (χ3n) is 4.89. The number of ketones is 1. The fraction of sp³-hybridized carbons (Fsp3) is 0.333. The van der Waals surface area contributed by atoms with E-state index in [4.69, 9.17) is 5.73 Å². The average molecular weight is 367 g/mol. The summed E-state index contributed by atoms with van der Waals surface area (Å²) in [6.45, 7) is 3.44. The van der Waals surface area contributed by atoms with Crippen LogP contribution in [-0.2, 0) is 0 Å². The number of carbonyl (C=O) groups is 2. The summed E-state index contributed by atoms with van der Waals surface area (Å²) < 4.78 is 0. The van der Waals surface area contributed by atoms with Crippen LogP contribution < -0.4 is 16.4 Å². The molecule has 1 amide bonds. The lowest BCUT2D eigenvalue weighted by Gasteiger charge is -2.22. The molecular weight excluding hydrogens is 342 g/mol. The minimum absolute atomic E-state index is 0.0524. The van der Waals surface area contributed by atoms with Crippen molar-refractivity contribution >= 4 is 11.7 Å². The van der Waals surface area contributed by atoms with E-state index in [1.807, 2.05) is 6.92 Å². The number of nitrogens with two attached hydrogens (primary N) is 1. The normalized spacial score (nSPS) is 19.9. The highest BCUT2D eigenvalue weighted by molar-refractivity contribution is 6.11. The van der Waals surface area contributed by atoms with Crippen LogP contribution >= 0.6 is 0 Å². The largest absolute Gasteiger partial charge is 0.507 e. The van der Waals surface area contributed by atoms with E-state index in [1.54, 1.807) is 36.4 Å². The molecule has 6 heteroatoms. The fourth-order valence-corrected chi connectivity index (χ4v) is 3.26. The van der Waals surface area contributed by atoms with Crippen molar-refractivity contribution in [2.75, 3.05) is 13.1 Å². The first-order chi connectivity index (χ1) is 13.0. The molecule has 1 saturated heterocycles. The summed E-state index contributed by atoms with van der Waals surface area (Å²) in [4.78, 5) is 25.1. The smallest absolute Gasteiger partial charge is 0.251 e. The summed E-state index contributed by atoms with van der Waals surface area (Å²) in [6, 6.07) is 11.2. The Morgan fingerprint density at radius 1 is 1.15 bits per heavy atom. The van der Waals surface area contributed by atoms with Gasteiger partial charge in [0.15, 0.2) is 5.78 Å². The lowest BCUT2D eigenvalue weighted by molar-refractivity contribution is 0.0928. The van der Waals surface area contributed by atoms with Crippen molar-refractivity contribution in [3.63, 3.8) is 0 Å². The van der Waals surface area contributed by atoms with Crippen LogP contribution in [-0.4, -0.2) is 42.0 Å². The van der Waals surface area contributed by atoms with Crippen LogP contribution in [0.2, 0.25) is 0 Å². The predicted molar refractivity (Wildman–Crippen MR) is 104 cm³/mol. The van der Waals surface area contributed by atoms with Crippen molar-refractivity contribution in [1.82, 2.24) is 10.6 Å². The highest BCUT2D eigenvalue weighted by Gasteiger charge is 2.22. The molecule has 1 aliphatic heterocycles. The lowest BCUT2D eigenvalue weighted by atomic mass is 9.99. The summed E-state index contributed by atoms with van der Waals surface area (Å²) >= 11 is 0. The van der Waals surface area contributed by atoms with Crippen LogP contribution in [0.5, 0.6) is 5.75 Å². The van der Waals surface area contributed by atoms with Crippen LogP contribution in [0.25, 0.3) is 0 Å². The van der Waals surface area contributed by atoms with Crippen LogP contribution in [0.4, 0.5) is 0 Å². The first-order valence-corrected chi connectivity index (χ1v) is 9.17. The maximum Gasteiger partial charge on any atom is 0.251 e. The molecule has 0 aliphatic carbocycles. The number of phenols is 1. The molecule has 5 N–H and O–H groups in total. The van der Waals surface area contributed by atoms with Crippen molar-refractivity contribution in [2.24, 2.45) is 5.73 Å². The second-order valence-corrected chi connectivity index (χ2v) is 7.02. The molecule has 1 aliphatic rings. The Morgan fingerprint density at radius 3 is 2.59 bits per heavy atom. The van der Waals surface area contributed by atoms with Gasteiger partial charge in [-0.3, -0.25) is 9.59 Å². The van der Waals surface area contributed by atoms with Gasteiger partial charge in [0, 0.05) is 29.8 Å². The number of phenolic OH excluding ortho intramolecular Hbond substituents is 1. The van der Waals surface area contributed by atoms with E-state index in [1.165, 1.54) is 6.07 Å². The van der Waals surface area contributed by atoms with Crippen molar-refractivity contribution in [1.29, 1.82) is 0 Å². The molecule has 2 atom stereocenters. The molecule has 1 fully saturated rings. The second kappa shape index (κ2) is 8.33. The van der Waals surface area contributed by atoms with E-state index in [9.17, 15) is 14.7 Å². The number of carbonyl (C=O) groups excluding carboxylic acids is 2. The highest BCUT2D eigenvalue weighted by Crippen LogP contribution is 2.22. The average Bonchev–Trinajstić information content (AvgIpc) is 2.87. The Morgan fingerprint density at radius 2 is 1.85 bits per heavy atom. The third kappa shape index (κ3) is 4.53. The number of nitrogens with one attached hydrogen (secondary N) is 2. The molecule has 27 heavy (non-hydrogen) atoms. The molecule has 0 saturated carbocycles. The maximum absolute atomic E-state index is 12.6. The minimum Gasteiger partial charge on any atom is -0.507 e. The second-order valence-electron chi connectivity index (χ2n) is 7.02. The first kappa shape index (κ1) is 19.1. The van der Waals surface area contributed by atoms with Gasteiger partial charge in [-0.05, 0) is 50.6 Å². The fourth-order valence-electron chi connectivity index (χ4n) is 3.26. The van der Waals surface area contributed by atoms with Crippen LogP contribution in [0.1, 0.15) is 44.7 Å². The van der Waals surface area contributed by atoms with Gasteiger partial charge in [0.05, 0.1) is 5.56 Å². The molecule has 0 spiro atoms. The van der Waals surface area contributed by atoms with Gasteiger partial charge < -0.3 is 21.5 Å². The standard InChI is InChI=1S/C21H25N3O3/c1-13-4-9-19(25)16(11-13)20(26)14-5-7-15(8-6-14)21(27)24-18-3-2-10-23-12-17(18)22/h4-9,11,17-18,23,25H,2-3,10,12,22H2,1H3,(H,24,27)/t17-,18-/m1/s1. The maximum atomic E-state index is 12.6. The SMILES string of the molecule is Cc1ccc(O)c(C(=O)c2ccc(C(=O)N[C@@H]3CCCNC[C@H]3N)cc2)c1. The Bertz CT molecular complexity index is 833. The molecule has 0 unspecified atom stereocenters. The number of rotatable bonds is 4. The van der Waals surface area contributed by atoms with Gasteiger partial charge >= 0.3 is 0 Å². The number of hydrogen-bond acceptors (Lipinski definition) is 5. The topological polar surface area (TPSA) is 104 Å². The molecule has 0 radical (unpaired) electrons. The molecule has 0 bridgehead atoms. The van der Waals surface area contributed by atoms with Gasteiger partial charge in [-0.25, -0.2) is 0 Å². The molecular formula is C21H25N3O3. The molecule has 142 valence electrons. The summed E-state index contributed by atoms with van der Waals surface area (Å²) in [6.07, 6.45) is 1.80. The molecule has 2 aromatic rings. The molecule has 2 aromatic carbocycles. The monoisotopic (exact) mass is 367 g/mol. The quantitative estimate of drug-likeness (QED) is 0.616. The molecule has 6 nitrogen and oxygen atoms in total. The number of amides is 1. The molecule has 1 heterocycles. The highest BCUT2D eigenvalue weighted by atomic mass is 16.3. The molecule has 0 aromatic heterocycles. The van der Waals surface area contributed by atoms with Crippen molar-refractivity contribution in [3.05, 3.63) is 64.7 Å². The van der Waals surface area contributed by atoms with Gasteiger partial charge in [0.1, 0.15) is 5.75 Å². The van der Waals surface area contributed by atoms with E-state index in [-0.39, 0.29) is 35.1 Å². The first-order valence-electron chi connectivity index (χ1n) is 9.17. The van der Waals surface area contributed by atoms with Crippen molar-refractivity contribution < 1.29 is 14.7 Å². The van der Waals surface area contributed by atoms with Crippen molar-refractivity contribution in [3.8, 4) is 5.75 Å². The number of aryl methyl sites for hydroxylation is 1. The van der Waals surface area contributed by atoms with Crippen LogP contribution in [0, 0.1) is 6.92 Å². The van der Waals surface area contributed by atoms with E-state index in [0.717, 1.165) is 24.9 Å². The Hall–Kier alpha value is -2.70. The van der Waals surface area contributed by atoms with E-state index < -0.39 is 0 Å². The van der Waals surface area contributed by atoms with Gasteiger partial charge in [-0.15, -0.1) is 0 Å². The third-order valence-corrected chi connectivity index (χ3v) is 4.89. The van der Waals surface area contributed by atoms with Crippen LogP contribution in [0.15, 0.2) is 42.5 Å². The predicted octanol–water partition coefficient (Wildman–Crippen LogP) is 1.74. The molecule has 3 rings (SSSR count). The number of aromatic hydroxyl groups is 1. The summed E-state index contributed by atoms with van der Waals surface area (Å²) in [5.41, 5.74) is 8.15. The number of hydrogen-bond donors (Lipinski definition) is 4. The minimum atomic E-state index is -0.278. The Balaban J connectivity index is 1.71. The zero-order valence-corrected chi connectivity index (χ0v) is 15.4. The zero-order valence-electron chi connectivity index (χ0n) is 15.4. The van der Waals surface area contributed by atoms with Gasteiger partial charge in [0.25, 0.3) is 5.91 Å².